The Labute approximate surface area is 413 Å². The fourth-order valence-corrected chi connectivity index (χ4v) is 13.2. The van der Waals surface area contributed by atoms with Gasteiger partial charge in [-0.05, 0) is 105 Å². The summed E-state index contributed by atoms with van der Waals surface area (Å²) in [6.45, 7) is 0. The van der Waals surface area contributed by atoms with Gasteiger partial charge in [-0.25, -0.2) is 0 Å². The van der Waals surface area contributed by atoms with E-state index in [1.54, 1.807) is 0 Å². The number of fused-ring (bicyclic) bond motifs is 9. The molecule has 0 saturated carbocycles. The summed E-state index contributed by atoms with van der Waals surface area (Å²) in [6, 6.07) is 94.2. The minimum absolute atomic E-state index is 1.08. The second-order valence-electron chi connectivity index (χ2n) is 17.9. The van der Waals surface area contributed by atoms with Crippen molar-refractivity contribution >= 4 is 129 Å². The van der Waals surface area contributed by atoms with Crippen LogP contribution in [0.2, 0.25) is 0 Å². The Kier molecular flexibility index (Phi) is 9.61. The lowest BCUT2D eigenvalue weighted by molar-refractivity contribution is 1.31. The number of nitrogens with zero attached hydrogens (tertiary/aromatic N) is 2. The lowest BCUT2D eigenvalue weighted by atomic mass is 9.89. The number of hydrogen-bond acceptors (Lipinski definition) is 4. The number of hydrogen-bond donors (Lipinski definition) is 0. The van der Waals surface area contributed by atoms with Crippen molar-refractivity contribution < 1.29 is 0 Å². The van der Waals surface area contributed by atoms with Crippen molar-refractivity contribution in [1.82, 2.24) is 0 Å². The molecule has 0 N–H and O–H groups in total. The number of anilines is 6. The Morgan fingerprint density at radius 2 is 0.657 bits per heavy atom. The van der Waals surface area contributed by atoms with E-state index in [0.717, 1.165) is 45.1 Å². The van der Waals surface area contributed by atoms with E-state index in [1.165, 1.54) is 84.0 Å². The molecule has 0 aliphatic rings. The third kappa shape index (κ3) is 6.53. The van der Waals surface area contributed by atoms with Crippen molar-refractivity contribution in [3.8, 4) is 22.3 Å². The van der Waals surface area contributed by atoms with Crippen molar-refractivity contribution in [2.75, 3.05) is 9.80 Å². The average molecular weight is 927 g/mol. The minimum Gasteiger partial charge on any atom is -0.309 e. The highest BCUT2D eigenvalue weighted by atomic mass is 32.1. The van der Waals surface area contributed by atoms with Crippen LogP contribution < -0.4 is 9.80 Å². The van der Waals surface area contributed by atoms with Crippen LogP contribution in [0, 0.1) is 0 Å². The third-order valence-electron chi connectivity index (χ3n) is 14.0. The molecule has 0 radical (unpaired) electrons. The molecule has 0 bridgehead atoms. The Morgan fingerprint density at radius 1 is 0.243 bits per heavy atom. The van der Waals surface area contributed by atoms with Crippen LogP contribution in [0.5, 0.6) is 0 Å². The normalized spacial score (nSPS) is 11.7. The van der Waals surface area contributed by atoms with Crippen LogP contribution in [0.3, 0.4) is 0 Å². The maximum absolute atomic E-state index is 2.56. The van der Waals surface area contributed by atoms with Crippen LogP contribution in [0.1, 0.15) is 0 Å². The van der Waals surface area contributed by atoms with Crippen LogP contribution in [0.4, 0.5) is 34.1 Å². The van der Waals surface area contributed by atoms with Crippen molar-refractivity contribution in [1.29, 1.82) is 0 Å². The van der Waals surface area contributed by atoms with Gasteiger partial charge in [0.15, 0.2) is 0 Å². The van der Waals surface area contributed by atoms with Gasteiger partial charge < -0.3 is 9.80 Å². The first kappa shape index (κ1) is 40.5. The van der Waals surface area contributed by atoms with E-state index in [-0.39, 0.29) is 0 Å². The highest BCUT2D eigenvalue weighted by Crippen LogP contribution is 2.53. The van der Waals surface area contributed by atoms with Gasteiger partial charge >= 0.3 is 0 Å². The zero-order valence-corrected chi connectivity index (χ0v) is 39.6. The summed E-state index contributed by atoms with van der Waals surface area (Å²) in [7, 11) is 0. The summed E-state index contributed by atoms with van der Waals surface area (Å²) in [5, 5.41) is 12.1. The molecule has 2 aromatic heterocycles. The third-order valence-corrected chi connectivity index (χ3v) is 16.3. The van der Waals surface area contributed by atoms with Crippen molar-refractivity contribution in [3.05, 3.63) is 255 Å². The highest BCUT2D eigenvalue weighted by Gasteiger charge is 2.27. The molecule has 0 unspecified atom stereocenters. The van der Waals surface area contributed by atoms with E-state index in [1.807, 2.05) is 22.7 Å². The van der Waals surface area contributed by atoms with Gasteiger partial charge in [-0.1, -0.05) is 188 Å². The standard InChI is InChI=1S/C66H42N2S2/c1-3-19-45(20-4-1)50-39-40-57(68(56-32-16-26-44-24-8-10-28-49(44)56)59-34-18-38-63-66(59)52-30-12-14-36-61(52)70-63)54-42-47(41-53(64(50)54)46-21-5-2-6-22-46)67(55-31-15-25-43-23-7-9-27-48(43)55)58-33-17-37-62-65(58)51-29-11-13-35-60(51)69-62/h1-42H. The summed E-state index contributed by atoms with van der Waals surface area (Å²) in [6.07, 6.45) is 0. The topological polar surface area (TPSA) is 6.48 Å². The lowest BCUT2D eigenvalue weighted by Crippen LogP contribution is -2.13. The number of thiophene rings is 2. The van der Waals surface area contributed by atoms with Gasteiger partial charge in [0, 0.05) is 62.2 Å². The predicted molar refractivity (Wildman–Crippen MR) is 305 cm³/mol. The summed E-state index contributed by atoms with van der Waals surface area (Å²) in [4.78, 5) is 5.11. The maximum atomic E-state index is 2.56. The van der Waals surface area contributed by atoms with E-state index >= 15 is 0 Å². The molecule has 0 spiro atoms. The summed E-state index contributed by atoms with van der Waals surface area (Å²) in [5.74, 6) is 0. The van der Waals surface area contributed by atoms with E-state index < -0.39 is 0 Å². The van der Waals surface area contributed by atoms with Gasteiger partial charge in [0.2, 0.25) is 0 Å². The predicted octanol–water partition coefficient (Wildman–Crippen LogP) is 20.2. The van der Waals surface area contributed by atoms with Crippen molar-refractivity contribution in [2.45, 2.75) is 0 Å². The Balaban J connectivity index is 1.17. The molecule has 12 aromatic carbocycles. The molecular formula is C66H42N2S2. The van der Waals surface area contributed by atoms with Gasteiger partial charge in [-0.15, -0.1) is 22.7 Å². The van der Waals surface area contributed by atoms with Crippen molar-refractivity contribution in [3.63, 3.8) is 0 Å². The number of rotatable bonds is 8. The molecule has 4 heteroatoms. The van der Waals surface area contributed by atoms with E-state index in [2.05, 4.69) is 265 Å². The van der Waals surface area contributed by atoms with Crippen LogP contribution in [0.25, 0.3) is 94.9 Å². The molecule has 0 fully saturated rings. The molecule has 328 valence electrons. The first-order chi connectivity index (χ1) is 34.7. The van der Waals surface area contributed by atoms with Crippen LogP contribution >= 0.6 is 22.7 Å². The molecule has 14 aromatic rings. The Hall–Kier alpha value is -8.54. The van der Waals surface area contributed by atoms with Gasteiger partial charge in [0.25, 0.3) is 0 Å². The van der Waals surface area contributed by atoms with Crippen LogP contribution in [-0.2, 0) is 0 Å². The highest BCUT2D eigenvalue weighted by molar-refractivity contribution is 7.26. The SMILES string of the molecule is c1ccc(-c2ccc(N(c3cccc4ccccc34)c3cccc4sc5ccccc5c34)c3cc(N(c4cccc5ccccc45)c4cccc5sc6ccccc6c45)cc(-c4ccccc4)c23)cc1. The summed E-state index contributed by atoms with van der Waals surface area (Å²) in [5.41, 5.74) is 11.4. The first-order valence-corrected chi connectivity index (χ1v) is 25.5. The zero-order chi connectivity index (χ0) is 46.1. The van der Waals surface area contributed by atoms with E-state index in [9.17, 15) is 0 Å². The summed E-state index contributed by atoms with van der Waals surface area (Å²) >= 11 is 3.72. The first-order valence-electron chi connectivity index (χ1n) is 23.8. The van der Waals surface area contributed by atoms with E-state index in [0.29, 0.717) is 0 Å². The molecule has 70 heavy (non-hydrogen) atoms. The average Bonchev–Trinajstić information content (AvgIpc) is 4.01. The largest absolute Gasteiger partial charge is 0.309 e. The number of benzene rings is 12. The molecule has 2 nitrogen and oxygen atoms in total. The second kappa shape index (κ2) is 16.6. The Bertz CT molecular complexity index is 4310. The van der Waals surface area contributed by atoms with Gasteiger partial charge in [0.1, 0.15) is 0 Å². The molecule has 0 saturated heterocycles. The molecule has 2 heterocycles. The molecule has 0 atom stereocenters. The summed E-state index contributed by atoms with van der Waals surface area (Å²) < 4.78 is 5.08. The minimum atomic E-state index is 1.08. The van der Waals surface area contributed by atoms with Gasteiger partial charge in [-0.3, -0.25) is 0 Å². The Morgan fingerprint density at radius 3 is 1.24 bits per heavy atom. The maximum Gasteiger partial charge on any atom is 0.0555 e. The van der Waals surface area contributed by atoms with E-state index in [4.69, 9.17) is 0 Å². The quantitative estimate of drug-likeness (QED) is 0.150. The molecule has 0 amide bonds. The van der Waals surface area contributed by atoms with Crippen molar-refractivity contribution in [2.24, 2.45) is 0 Å². The smallest absolute Gasteiger partial charge is 0.0555 e. The van der Waals surface area contributed by atoms with Gasteiger partial charge in [0.05, 0.1) is 28.4 Å². The molecular weight excluding hydrogens is 885 g/mol. The van der Waals surface area contributed by atoms with Crippen LogP contribution in [-0.4, -0.2) is 0 Å². The monoisotopic (exact) mass is 926 g/mol. The fraction of sp³-hybridized carbons (Fsp3) is 0. The second-order valence-corrected chi connectivity index (χ2v) is 20.1. The molecule has 0 aliphatic heterocycles. The van der Waals surface area contributed by atoms with Gasteiger partial charge in [-0.2, -0.15) is 0 Å². The molecule has 14 rings (SSSR count). The molecule has 0 aliphatic carbocycles. The lowest BCUT2D eigenvalue weighted by Gasteiger charge is -2.32. The fourth-order valence-electron chi connectivity index (χ4n) is 11.0. The van der Waals surface area contributed by atoms with Crippen LogP contribution in [0.15, 0.2) is 255 Å². The zero-order valence-electron chi connectivity index (χ0n) is 38.0.